The monoisotopic (exact) mass is 200 g/mol. The normalized spacial score (nSPS) is 11.3. The average Bonchev–Trinajstić information content (AvgIpc) is 2.75. The predicted octanol–water partition coefficient (Wildman–Crippen LogP) is 0.581. The van der Waals surface area contributed by atoms with Gasteiger partial charge in [-0.1, -0.05) is 18.2 Å². The van der Waals surface area contributed by atoms with Crippen LogP contribution in [0.25, 0.3) is 16.4 Å². The van der Waals surface area contributed by atoms with Crippen molar-refractivity contribution in [3.8, 4) is 0 Å². The Bertz CT molecular complexity index is 710. The maximum atomic E-state index is 11.9. The molecule has 3 aromatic rings. The second-order valence-electron chi connectivity index (χ2n) is 3.37. The number of nitrogens with zero attached hydrogens (tertiary/aromatic N) is 4. The molecule has 74 valence electrons. The molecule has 0 aliphatic carbocycles. The van der Waals surface area contributed by atoms with E-state index in [2.05, 4.69) is 10.2 Å². The number of hydrogen-bond acceptors (Lipinski definition) is 3. The minimum atomic E-state index is -0.0436. The summed E-state index contributed by atoms with van der Waals surface area (Å²) in [5, 5.41) is 9.31. The van der Waals surface area contributed by atoms with Crippen LogP contribution in [0.4, 0.5) is 0 Å². The third kappa shape index (κ3) is 0.942. The van der Waals surface area contributed by atoms with Crippen molar-refractivity contribution in [3.63, 3.8) is 0 Å². The van der Waals surface area contributed by atoms with Crippen LogP contribution >= 0.6 is 0 Å². The molecule has 0 aliphatic heterocycles. The molecule has 0 saturated heterocycles. The van der Waals surface area contributed by atoms with Gasteiger partial charge in [-0.2, -0.15) is 0 Å². The molecule has 15 heavy (non-hydrogen) atoms. The van der Waals surface area contributed by atoms with Crippen LogP contribution in [0.1, 0.15) is 0 Å². The van der Waals surface area contributed by atoms with Gasteiger partial charge >= 0.3 is 0 Å². The molecule has 2 heterocycles. The van der Waals surface area contributed by atoms with Gasteiger partial charge in [0.25, 0.3) is 5.56 Å². The molecule has 0 radical (unpaired) electrons. The fourth-order valence-corrected chi connectivity index (χ4v) is 1.76. The second kappa shape index (κ2) is 2.66. The highest BCUT2D eigenvalue weighted by Crippen LogP contribution is 2.13. The summed E-state index contributed by atoms with van der Waals surface area (Å²) >= 11 is 0. The third-order valence-electron chi connectivity index (χ3n) is 2.55. The molecular formula is C10H8N4O. The van der Waals surface area contributed by atoms with E-state index in [-0.39, 0.29) is 5.56 Å². The van der Waals surface area contributed by atoms with Crippen LogP contribution in [0.2, 0.25) is 0 Å². The molecule has 3 rings (SSSR count). The van der Waals surface area contributed by atoms with E-state index in [1.807, 2.05) is 18.2 Å². The van der Waals surface area contributed by atoms with Gasteiger partial charge in [-0.15, -0.1) is 10.2 Å². The van der Waals surface area contributed by atoms with E-state index in [0.29, 0.717) is 11.0 Å². The van der Waals surface area contributed by atoms with Crippen molar-refractivity contribution in [2.45, 2.75) is 0 Å². The first-order valence-corrected chi connectivity index (χ1v) is 4.57. The largest absolute Gasteiger partial charge is 0.273 e. The quantitative estimate of drug-likeness (QED) is 0.533. The van der Waals surface area contributed by atoms with Gasteiger partial charge in [0.2, 0.25) is 0 Å². The SMILES string of the molecule is Cn1c(=O)c2ccccc2c2nncn21. The van der Waals surface area contributed by atoms with Crippen molar-refractivity contribution in [1.29, 1.82) is 0 Å². The third-order valence-corrected chi connectivity index (χ3v) is 2.55. The van der Waals surface area contributed by atoms with E-state index in [4.69, 9.17) is 0 Å². The fraction of sp³-hybridized carbons (Fsp3) is 0.100. The van der Waals surface area contributed by atoms with Crippen LogP contribution in [0, 0.1) is 0 Å². The Labute approximate surface area is 84.6 Å². The van der Waals surface area contributed by atoms with E-state index in [0.717, 1.165) is 5.39 Å². The zero-order valence-electron chi connectivity index (χ0n) is 8.08. The van der Waals surface area contributed by atoms with Gasteiger partial charge in [0.15, 0.2) is 5.65 Å². The maximum absolute atomic E-state index is 11.9. The summed E-state index contributed by atoms with van der Waals surface area (Å²) in [5.41, 5.74) is 0.658. The molecular weight excluding hydrogens is 192 g/mol. The first-order chi connectivity index (χ1) is 7.29. The van der Waals surface area contributed by atoms with Crippen LogP contribution in [0.5, 0.6) is 0 Å². The fourth-order valence-electron chi connectivity index (χ4n) is 1.76. The molecule has 0 bridgehead atoms. The van der Waals surface area contributed by atoms with Gasteiger partial charge in [-0.05, 0) is 6.07 Å². The standard InChI is InChI=1S/C10H8N4O/c1-13-10(15)8-5-3-2-4-7(8)9-12-11-6-14(9)13/h2-6H,1H3. The van der Waals surface area contributed by atoms with E-state index in [9.17, 15) is 4.79 Å². The lowest BCUT2D eigenvalue weighted by Crippen LogP contribution is -2.22. The van der Waals surface area contributed by atoms with Gasteiger partial charge < -0.3 is 0 Å². The van der Waals surface area contributed by atoms with Crippen molar-refractivity contribution in [1.82, 2.24) is 19.4 Å². The average molecular weight is 200 g/mol. The number of hydrogen-bond donors (Lipinski definition) is 0. The van der Waals surface area contributed by atoms with Crippen molar-refractivity contribution in [3.05, 3.63) is 40.9 Å². The molecule has 5 heteroatoms. The highest BCUT2D eigenvalue weighted by Gasteiger charge is 2.08. The number of aryl methyl sites for hydroxylation is 1. The number of rotatable bonds is 0. The van der Waals surface area contributed by atoms with Crippen LogP contribution in [-0.4, -0.2) is 19.4 Å². The van der Waals surface area contributed by atoms with Crippen LogP contribution < -0.4 is 5.56 Å². The van der Waals surface area contributed by atoms with Gasteiger partial charge in [-0.25, -0.2) is 9.20 Å². The Morgan fingerprint density at radius 3 is 2.73 bits per heavy atom. The molecule has 0 aliphatic rings. The van der Waals surface area contributed by atoms with Crippen LogP contribution in [0.15, 0.2) is 35.4 Å². The lowest BCUT2D eigenvalue weighted by molar-refractivity contribution is 0.665. The highest BCUT2D eigenvalue weighted by atomic mass is 16.1. The maximum Gasteiger partial charge on any atom is 0.273 e. The molecule has 0 atom stereocenters. The van der Waals surface area contributed by atoms with Gasteiger partial charge in [0.1, 0.15) is 6.33 Å². The molecule has 0 saturated carbocycles. The van der Waals surface area contributed by atoms with E-state index < -0.39 is 0 Å². The Kier molecular flexibility index (Phi) is 1.45. The molecule has 0 N–H and O–H groups in total. The number of fused-ring (bicyclic) bond motifs is 3. The summed E-state index contributed by atoms with van der Waals surface area (Å²) < 4.78 is 3.14. The predicted molar refractivity (Wildman–Crippen MR) is 55.7 cm³/mol. The molecule has 0 spiro atoms. The van der Waals surface area contributed by atoms with Crippen molar-refractivity contribution < 1.29 is 0 Å². The molecule has 1 aromatic carbocycles. The Morgan fingerprint density at radius 1 is 1.20 bits per heavy atom. The van der Waals surface area contributed by atoms with E-state index in [1.165, 1.54) is 11.0 Å². The summed E-state index contributed by atoms with van der Waals surface area (Å²) in [6, 6.07) is 7.40. The lowest BCUT2D eigenvalue weighted by Gasteiger charge is -2.04. The highest BCUT2D eigenvalue weighted by molar-refractivity contribution is 5.92. The number of aromatic nitrogens is 4. The Balaban J connectivity index is 2.77. The summed E-state index contributed by atoms with van der Waals surface area (Å²) in [5.74, 6) is 0. The minimum Gasteiger partial charge on any atom is -0.267 e. The Morgan fingerprint density at radius 2 is 1.93 bits per heavy atom. The first-order valence-electron chi connectivity index (χ1n) is 4.57. The number of benzene rings is 1. The van der Waals surface area contributed by atoms with Crippen LogP contribution in [-0.2, 0) is 7.05 Å². The van der Waals surface area contributed by atoms with Gasteiger partial charge in [0, 0.05) is 12.4 Å². The van der Waals surface area contributed by atoms with E-state index in [1.54, 1.807) is 17.6 Å². The molecule has 0 unspecified atom stereocenters. The van der Waals surface area contributed by atoms with Gasteiger partial charge in [-0.3, -0.25) is 4.79 Å². The molecule has 0 amide bonds. The first kappa shape index (κ1) is 8.16. The molecule has 0 fully saturated rings. The summed E-state index contributed by atoms with van der Waals surface area (Å²) in [6.07, 6.45) is 1.53. The summed E-state index contributed by atoms with van der Waals surface area (Å²) in [6.45, 7) is 0. The zero-order chi connectivity index (χ0) is 10.4. The summed E-state index contributed by atoms with van der Waals surface area (Å²) in [4.78, 5) is 11.9. The van der Waals surface area contributed by atoms with Gasteiger partial charge in [0.05, 0.1) is 5.39 Å². The molecule has 2 aromatic heterocycles. The lowest BCUT2D eigenvalue weighted by atomic mass is 10.2. The van der Waals surface area contributed by atoms with Crippen molar-refractivity contribution in [2.24, 2.45) is 7.05 Å². The second-order valence-corrected chi connectivity index (χ2v) is 3.37. The minimum absolute atomic E-state index is 0.0436. The van der Waals surface area contributed by atoms with Crippen molar-refractivity contribution >= 4 is 16.4 Å². The smallest absolute Gasteiger partial charge is 0.267 e. The zero-order valence-corrected chi connectivity index (χ0v) is 8.08. The summed E-state index contributed by atoms with van der Waals surface area (Å²) in [7, 11) is 1.70. The van der Waals surface area contributed by atoms with Crippen LogP contribution in [0.3, 0.4) is 0 Å². The van der Waals surface area contributed by atoms with Crippen molar-refractivity contribution in [2.75, 3.05) is 0 Å². The Hall–Kier alpha value is -2.17. The topological polar surface area (TPSA) is 52.2 Å². The van der Waals surface area contributed by atoms with E-state index >= 15 is 0 Å². The molecule has 5 nitrogen and oxygen atoms in total.